The van der Waals surface area contributed by atoms with Crippen LogP contribution in [0.25, 0.3) is 0 Å². The maximum atomic E-state index is 12.8. The van der Waals surface area contributed by atoms with E-state index in [0.29, 0.717) is 19.3 Å². The van der Waals surface area contributed by atoms with Crippen molar-refractivity contribution in [1.82, 2.24) is 0 Å². The minimum Gasteiger partial charge on any atom is -0.462 e. The molecule has 0 aromatic heterocycles. The molecule has 0 aliphatic heterocycles. The van der Waals surface area contributed by atoms with Crippen molar-refractivity contribution in [2.75, 3.05) is 13.2 Å². The molecule has 0 spiro atoms. The van der Waals surface area contributed by atoms with Gasteiger partial charge in [0.2, 0.25) is 0 Å². The van der Waals surface area contributed by atoms with Crippen LogP contribution in [0.5, 0.6) is 0 Å². The van der Waals surface area contributed by atoms with Crippen LogP contribution in [0.3, 0.4) is 0 Å². The first-order valence-electron chi connectivity index (χ1n) is 27.0. The van der Waals surface area contributed by atoms with Gasteiger partial charge in [-0.2, -0.15) is 0 Å². The number of hydrogen-bond acceptors (Lipinski definition) is 6. The number of esters is 3. The molecule has 0 rings (SSSR count). The van der Waals surface area contributed by atoms with Gasteiger partial charge in [0, 0.05) is 19.3 Å². The third kappa shape index (κ3) is 51.1. The topological polar surface area (TPSA) is 78.9 Å². The lowest BCUT2D eigenvalue weighted by molar-refractivity contribution is -0.167. The van der Waals surface area contributed by atoms with Crippen molar-refractivity contribution in [3.8, 4) is 0 Å². The van der Waals surface area contributed by atoms with E-state index in [1.165, 1.54) is 83.5 Å². The normalized spacial score (nSPS) is 13.0. The lowest BCUT2D eigenvalue weighted by atomic mass is 10.1. The van der Waals surface area contributed by atoms with Gasteiger partial charge in [-0.25, -0.2) is 0 Å². The Morgan fingerprint density at radius 2 is 0.591 bits per heavy atom. The Labute approximate surface area is 406 Å². The fourth-order valence-electron chi connectivity index (χ4n) is 7.09. The van der Waals surface area contributed by atoms with E-state index in [1.807, 2.05) is 0 Å². The summed E-state index contributed by atoms with van der Waals surface area (Å²) in [4.78, 5) is 38.1. The minimum atomic E-state index is -0.801. The first-order chi connectivity index (χ1) is 32.5. The Bertz CT molecular complexity index is 1370. The zero-order valence-corrected chi connectivity index (χ0v) is 42.7. The molecule has 6 nitrogen and oxygen atoms in total. The lowest BCUT2D eigenvalue weighted by Gasteiger charge is -2.18. The molecular weight excluding hydrogens is 817 g/mol. The summed E-state index contributed by atoms with van der Waals surface area (Å²) in [6.07, 6.45) is 72.0. The van der Waals surface area contributed by atoms with Crippen LogP contribution in [-0.2, 0) is 28.6 Å². The van der Waals surface area contributed by atoms with Gasteiger partial charge >= 0.3 is 17.9 Å². The maximum Gasteiger partial charge on any atom is 0.306 e. The van der Waals surface area contributed by atoms with Gasteiger partial charge in [-0.15, -0.1) is 0 Å². The Morgan fingerprint density at radius 1 is 0.318 bits per heavy atom. The van der Waals surface area contributed by atoms with Crippen molar-refractivity contribution >= 4 is 17.9 Å². The van der Waals surface area contributed by atoms with Crippen LogP contribution in [0, 0.1) is 0 Å². The second-order valence-corrected chi connectivity index (χ2v) is 17.6. The second kappa shape index (κ2) is 53.7. The minimum absolute atomic E-state index is 0.0991. The average Bonchev–Trinajstić information content (AvgIpc) is 3.31. The maximum absolute atomic E-state index is 12.8. The summed E-state index contributed by atoms with van der Waals surface area (Å²) in [7, 11) is 0. The van der Waals surface area contributed by atoms with Gasteiger partial charge in [0.1, 0.15) is 13.2 Å². The first-order valence-corrected chi connectivity index (χ1v) is 27.0. The summed E-state index contributed by atoms with van der Waals surface area (Å²) in [5.41, 5.74) is 0. The van der Waals surface area contributed by atoms with Crippen LogP contribution in [0.1, 0.15) is 233 Å². The summed E-state index contributed by atoms with van der Waals surface area (Å²) < 4.78 is 16.8. The number of rotatable bonds is 47. The van der Waals surface area contributed by atoms with Crippen LogP contribution >= 0.6 is 0 Å². The van der Waals surface area contributed by atoms with Gasteiger partial charge in [0.15, 0.2) is 6.10 Å². The highest BCUT2D eigenvalue weighted by molar-refractivity contribution is 5.71. The smallest absolute Gasteiger partial charge is 0.306 e. The monoisotopic (exact) mass is 915 g/mol. The molecule has 1 atom stereocenters. The standard InChI is InChI=1S/C60H98O6/c1-4-7-10-13-16-19-22-25-28-29-30-33-35-38-41-44-47-50-53-59(62)65-56-57(66-60(63)54-51-48-45-42-39-36-32-27-24-21-18-15-12-9-6-3)55-64-58(61)52-49-46-43-40-37-34-31-26-23-20-17-14-11-8-5-2/h9,12,15-26,28-30,33,57H,4-8,10-11,13-14,27,31-32,34-56H2,1-3H3/b12-9-,18-15-,19-16-,20-17-,24-21-,25-22-,26-23-,29-28-,33-30-. The first kappa shape index (κ1) is 62.1. The number of allylic oxidation sites excluding steroid dienone is 18. The predicted octanol–water partition coefficient (Wildman–Crippen LogP) is 17.9. The molecule has 0 aromatic carbocycles. The summed E-state index contributed by atoms with van der Waals surface area (Å²) >= 11 is 0. The van der Waals surface area contributed by atoms with Crippen LogP contribution in [-0.4, -0.2) is 37.2 Å². The highest BCUT2D eigenvalue weighted by atomic mass is 16.6. The quantitative estimate of drug-likeness (QED) is 0.0262. The highest BCUT2D eigenvalue weighted by Gasteiger charge is 2.19. The summed E-state index contributed by atoms with van der Waals surface area (Å²) in [6, 6.07) is 0. The van der Waals surface area contributed by atoms with Crippen molar-refractivity contribution in [2.24, 2.45) is 0 Å². The molecule has 0 N–H and O–H groups in total. The number of carbonyl (C=O) groups is 3. The molecule has 0 radical (unpaired) electrons. The number of ether oxygens (including phenoxy) is 3. The Morgan fingerprint density at radius 3 is 0.939 bits per heavy atom. The van der Waals surface area contributed by atoms with Crippen LogP contribution in [0.4, 0.5) is 0 Å². The van der Waals surface area contributed by atoms with Gasteiger partial charge in [-0.1, -0.05) is 233 Å². The Hall–Kier alpha value is -3.93. The van der Waals surface area contributed by atoms with Crippen molar-refractivity contribution in [3.63, 3.8) is 0 Å². The molecule has 0 saturated carbocycles. The summed E-state index contributed by atoms with van der Waals surface area (Å²) in [5.74, 6) is -0.948. The third-order valence-electron chi connectivity index (χ3n) is 11.2. The van der Waals surface area contributed by atoms with E-state index in [0.717, 1.165) is 109 Å². The van der Waals surface area contributed by atoms with E-state index in [9.17, 15) is 14.4 Å². The van der Waals surface area contributed by atoms with Gasteiger partial charge in [0.05, 0.1) is 0 Å². The largest absolute Gasteiger partial charge is 0.462 e. The fraction of sp³-hybridized carbons (Fsp3) is 0.650. The van der Waals surface area contributed by atoms with Gasteiger partial charge in [0.25, 0.3) is 0 Å². The molecule has 0 aliphatic rings. The van der Waals surface area contributed by atoms with Crippen LogP contribution in [0.2, 0.25) is 0 Å². The fourth-order valence-corrected chi connectivity index (χ4v) is 7.09. The Balaban J connectivity index is 4.49. The number of carbonyl (C=O) groups excluding carboxylic acids is 3. The SMILES string of the molecule is CC\C=C/C=C\C=C/CCCCCCCCCC(=O)OC(COC(=O)CCCCCCC\C=C/C=C\C=C/C=C\CCCCC)COC(=O)CCCCCCCC/C=C\C=C/CCCCC. The molecule has 1 unspecified atom stereocenters. The summed E-state index contributed by atoms with van der Waals surface area (Å²) in [6.45, 7) is 6.39. The van der Waals surface area contributed by atoms with E-state index < -0.39 is 6.10 Å². The van der Waals surface area contributed by atoms with E-state index in [4.69, 9.17) is 14.2 Å². The predicted molar refractivity (Wildman–Crippen MR) is 283 cm³/mol. The van der Waals surface area contributed by atoms with Crippen molar-refractivity contribution in [1.29, 1.82) is 0 Å². The molecule has 6 heteroatoms. The van der Waals surface area contributed by atoms with Crippen LogP contribution in [0.15, 0.2) is 109 Å². The van der Waals surface area contributed by atoms with E-state index >= 15 is 0 Å². The molecule has 0 fully saturated rings. The molecule has 374 valence electrons. The van der Waals surface area contributed by atoms with E-state index in [1.54, 1.807) is 0 Å². The van der Waals surface area contributed by atoms with E-state index in [-0.39, 0.29) is 31.1 Å². The van der Waals surface area contributed by atoms with Gasteiger partial charge in [-0.05, 0) is 89.9 Å². The number of unbranched alkanes of at least 4 members (excludes halogenated alkanes) is 24. The van der Waals surface area contributed by atoms with E-state index in [2.05, 4.69) is 130 Å². The highest BCUT2D eigenvalue weighted by Crippen LogP contribution is 2.14. The zero-order valence-electron chi connectivity index (χ0n) is 42.7. The molecule has 0 saturated heterocycles. The third-order valence-corrected chi connectivity index (χ3v) is 11.2. The summed E-state index contributed by atoms with van der Waals surface area (Å²) in [5, 5.41) is 0. The van der Waals surface area contributed by atoms with Crippen molar-refractivity contribution < 1.29 is 28.6 Å². The molecule has 0 bridgehead atoms. The number of hydrogen-bond donors (Lipinski definition) is 0. The van der Waals surface area contributed by atoms with Gasteiger partial charge < -0.3 is 14.2 Å². The molecule has 66 heavy (non-hydrogen) atoms. The lowest BCUT2D eigenvalue weighted by Crippen LogP contribution is -2.30. The van der Waals surface area contributed by atoms with Crippen molar-refractivity contribution in [2.45, 2.75) is 239 Å². The molecule has 0 aliphatic carbocycles. The molecular formula is C60H98O6. The van der Waals surface area contributed by atoms with Crippen molar-refractivity contribution in [3.05, 3.63) is 109 Å². The molecule has 0 aromatic rings. The Kier molecular flexibility index (Phi) is 50.5. The van der Waals surface area contributed by atoms with Gasteiger partial charge in [-0.3, -0.25) is 14.4 Å². The molecule has 0 amide bonds. The van der Waals surface area contributed by atoms with Crippen LogP contribution < -0.4 is 0 Å². The molecule has 0 heterocycles. The average molecular weight is 915 g/mol. The zero-order chi connectivity index (χ0) is 47.9. The second-order valence-electron chi connectivity index (χ2n) is 17.6.